The molecule has 0 fully saturated rings. The Kier molecular flexibility index (Phi) is 3.34. The van der Waals surface area contributed by atoms with Gasteiger partial charge in [0.25, 0.3) is 0 Å². The molecular formula is C14H17ClO2. The Bertz CT molecular complexity index is 442. The first-order chi connectivity index (χ1) is 7.99. The zero-order valence-corrected chi connectivity index (χ0v) is 10.8. The molecule has 2 rings (SSSR count). The fourth-order valence-corrected chi connectivity index (χ4v) is 2.69. The molecule has 0 aliphatic heterocycles. The van der Waals surface area contributed by atoms with Gasteiger partial charge in [-0.3, -0.25) is 0 Å². The van der Waals surface area contributed by atoms with E-state index in [2.05, 4.69) is 19.9 Å². The van der Waals surface area contributed by atoms with Crippen LogP contribution in [0.3, 0.4) is 0 Å². The molecule has 3 heteroatoms. The van der Waals surface area contributed by atoms with Gasteiger partial charge in [-0.1, -0.05) is 30.2 Å². The van der Waals surface area contributed by atoms with E-state index >= 15 is 0 Å². The molecule has 1 aromatic carbocycles. The quantitative estimate of drug-likeness (QED) is 0.735. The molecule has 1 unspecified atom stereocenters. The molecule has 0 saturated carbocycles. The lowest BCUT2D eigenvalue weighted by atomic mass is 9.78. The molecule has 17 heavy (non-hydrogen) atoms. The number of halogens is 1. The molecule has 2 nitrogen and oxygen atoms in total. The van der Waals surface area contributed by atoms with Crippen molar-refractivity contribution in [3.8, 4) is 11.5 Å². The van der Waals surface area contributed by atoms with Gasteiger partial charge in [-0.15, -0.1) is 0 Å². The van der Waals surface area contributed by atoms with Crippen molar-refractivity contribution in [3.05, 3.63) is 34.4 Å². The van der Waals surface area contributed by atoms with Crippen molar-refractivity contribution >= 4 is 11.6 Å². The van der Waals surface area contributed by atoms with Crippen LogP contribution in [-0.4, -0.2) is 10.2 Å². The summed E-state index contributed by atoms with van der Waals surface area (Å²) in [7, 11) is 0. The number of phenolic OH excluding ortho intramolecular Hbond substituents is 2. The fraction of sp³-hybridized carbons (Fsp3) is 0.429. The highest BCUT2D eigenvalue weighted by Gasteiger charge is 2.26. The van der Waals surface area contributed by atoms with Crippen LogP contribution in [-0.2, 0) is 0 Å². The summed E-state index contributed by atoms with van der Waals surface area (Å²) in [6.07, 6.45) is 4.30. The first-order valence-corrected chi connectivity index (χ1v) is 6.25. The summed E-state index contributed by atoms with van der Waals surface area (Å²) < 4.78 is 0. The zero-order valence-electron chi connectivity index (χ0n) is 10.1. The van der Waals surface area contributed by atoms with Gasteiger partial charge in [-0.05, 0) is 37.8 Å². The summed E-state index contributed by atoms with van der Waals surface area (Å²) in [5, 5.41) is 20.3. The first-order valence-electron chi connectivity index (χ1n) is 5.87. The third-order valence-corrected chi connectivity index (χ3v) is 3.72. The largest absolute Gasteiger partial charge is 0.507 e. The molecule has 2 atom stereocenters. The molecule has 0 radical (unpaired) electrons. The number of rotatable bonds is 1. The van der Waals surface area contributed by atoms with E-state index in [-0.39, 0.29) is 17.4 Å². The molecule has 0 heterocycles. The topological polar surface area (TPSA) is 40.5 Å². The van der Waals surface area contributed by atoms with Gasteiger partial charge in [-0.25, -0.2) is 0 Å². The number of phenols is 2. The lowest BCUT2D eigenvalue weighted by Crippen LogP contribution is -2.13. The smallest absolute Gasteiger partial charge is 0.124 e. The zero-order chi connectivity index (χ0) is 12.6. The van der Waals surface area contributed by atoms with E-state index in [0.29, 0.717) is 16.5 Å². The summed E-state index contributed by atoms with van der Waals surface area (Å²) in [5.74, 6) is 0.647. The lowest BCUT2D eigenvalue weighted by Gasteiger charge is -2.28. The van der Waals surface area contributed by atoms with Crippen molar-refractivity contribution < 1.29 is 10.2 Å². The Labute approximate surface area is 107 Å². The molecule has 2 N–H and O–H groups in total. The van der Waals surface area contributed by atoms with Gasteiger partial charge >= 0.3 is 0 Å². The molecule has 0 bridgehead atoms. The third-order valence-electron chi connectivity index (χ3n) is 3.51. The van der Waals surface area contributed by atoms with Crippen molar-refractivity contribution in [3.63, 3.8) is 0 Å². The van der Waals surface area contributed by atoms with Crippen LogP contribution in [0.1, 0.15) is 38.2 Å². The maximum absolute atomic E-state index is 9.95. The highest BCUT2D eigenvalue weighted by atomic mass is 35.5. The lowest BCUT2D eigenvalue weighted by molar-refractivity contribution is 0.398. The van der Waals surface area contributed by atoms with Gasteiger partial charge in [0.2, 0.25) is 0 Å². The number of allylic oxidation sites excluding steroid dienone is 2. The molecule has 0 spiro atoms. The van der Waals surface area contributed by atoms with Crippen molar-refractivity contribution in [1.29, 1.82) is 0 Å². The van der Waals surface area contributed by atoms with Crippen LogP contribution in [0.4, 0.5) is 0 Å². The molecule has 1 aromatic rings. The predicted molar refractivity (Wildman–Crippen MR) is 69.7 cm³/mol. The van der Waals surface area contributed by atoms with Gasteiger partial charge in [0, 0.05) is 16.5 Å². The van der Waals surface area contributed by atoms with E-state index in [4.69, 9.17) is 11.6 Å². The second-order valence-corrected chi connectivity index (χ2v) is 5.35. The average Bonchev–Trinajstić information content (AvgIpc) is 2.21. The van der Waals surface area contributed by atoms with Gasteiger partial charge in [0.1, 0.15) is 11.5 Å². The summed E-state index contributed by atoms with van der Waals surface area (Å²) in [5.41, 5.74) is 1.91. The number of hydrogen-bond donors (Lipinski definition) is 2. The maximum Gasteiger partial charge on any atom is 0.124 e. The van der Waals surface area contributed by atoms with E-state index in [1.807, 2.05) is 0 Å². The van der Waals surface area contributed by atoms with Crippen LogP contribution < -0.4 is 0 Å². The SMILES string of the molecule is CC1=CC(c2c(O)cc(Cl)cc2O)[C@H](C)CC1. The Morgan fingerprint density at radius 3 is 2.41 bits per heavy atom. The van der Waals surface area contributed by atoms with E-state index in [0.717, 1.165) is 12.8 Å². The van der Waals surface area contributed by atoms with Crippen molar-refractivity contribution in [2.24, 2.45) is 5.92 Å². The summed E-state index contributed by atoms with van der Waals surface area (Å²) in [6, 6.07) is 2.97. The second-order valence-electron chi connectivity index (χ2n) is 4.91. The van der Waals surface area contributed by atoms with Crippen LogP contribution in [0, 0.1) is 5.92 Å². The normalized spacial score (nSPS) is 24.5. The summed E-state index contributed by atoms with van der Waals surface area (Å²) >= 11 is 5.79. The molecule has 0 amide bonds. The highest BCUT2D eigenvalue weighted by molar-refractivity contribution is 6.30. The monoisotopic (exact) mass is 252 g/mol. The Balaban J connectivity index is 2.49. The Morgan fingerprint density at radius 1 is 1.24 bits per heavy atom. The van der Waals surface area contributed by atoms with E-state index in [1.165, 1.54) is 17.7 Å². The van der Waals surface area contributed by atoms with Gasteiger partial charge in [0.15, 0.2) is 0 Å². The summed E-state index contributed by atoms with van der Waals surface area (Å²) in [4.78, 5) is 0. The number of hydrogen-bond acceptors (Lipinski definition) is 2. The minimum absolute atomic E-state index is 0.0704. The Morgan fingerprint density at radius 2 is 1.82 bits per heavy atom. The van der Waals surface area contributed by atoms with E-state index < -0.39 is 0 Å². The Hall–Kier alpha value is -1.15. The van der Waals surface area contributed by atoms with Crippen LogP contribution in [0.2, 0.25) is 5.02 Å². The van der Waals surface area contributed by atoms with Crippen LogP contribution in [0.15, 0.2) is 23.8 Å². The minimum Gasteiger partial charge on any atom is -0.507 e. The van der Waals surface area contributed by atoms with Crippen LogP contribution in [0.5, 0.6) is 11.5 Å². The van der Waals surface area contributed by atoms with Crippen LogP contribution >= 0.6 is 11.6 Å². The fourth-order valence-electron chi connectivity index (χ4n) is 2.49. The van der Waals surface area contributed by atoms with Crippen LogP contribution in [0.25, 0.3) is 0 Å². The molecule has 1 aliphatic rings. The molecule has 0 aromatic heterocycles. The first kappa shape index (κ1) is 12.3. The third kappa shape index (κ3) is 2.42. The minimum atomic E-state index is 0.0704. The maximum atomic E-state index is 9.95. The van der Waals surface area contributed by atoms with Gasteiger partial charge < -0.3 is 10.2 Å². The van der Waals surface area contributed by atoms with Gasteiger partial charge in [0.05, 0.1) is 0 Å². The van der Waals surface area contributed by atoms with E-state index in [1.54, 1.807) is 0 Å². The highest BCUT2D eigenvalue weighted by Crippen LogP contribution is 2.44. The molecular weight excluding hydrogens is 236 g/mol. The number of benzene rings is 1. The standard InChI is InChI=1S/C14H17ClO2/c1-8-3-4-9(2)11(5-8)14-12(16)6-10(15)7-13(14)17/h5-7,9,11,16-17H,3-4H2,1-2H3/t9-,11?/m1/s1. The van der Waals surface area contributed by atoms with E-state index in [9.17, 15) is 10.2 Å². The van der Waals surface area contributed by atoms with Crippen molar-refractivity contribution in [2.75, 3.05) is 0 Å². The molecule has 0 saturated heterocycles. The van der Waals surface area contributed by atoms with Crippen molar-refractivity contribution in [2.45, 2.75) is 32.6 Å². The summed E-state index contributed by atoms with van der Waals surface area (Å²) in [6.45, 7) is 4.23. The predicted octanol–water partition coefficient (Wildman–Crippen LogP) is 4.21. The second kappa shape index (κ2) is 4.61. The molecule has 1 aliphatic carbocycles. The number of aromatic hydroxyl groups is 2. The van der Waals surface area contributed by atoms with Crippen molar-refractivity contribution in [1.82, 2.24) is 0 Å². The average molecular weight is 253 g/mol. The molecule has 92 valence electrons. The van der Waals surface area contributed by atoms with Gasteiger partial charge in [-0.2, -0.15) is 0 Å².